The molecule has 0 unspecified atom stereocenters. The molecule has 0 aromatic heterocycles. The zero-order chi connectivity index (χ0) is 23.8. The maximum atomic E-state index is 11.9. The summed E-state index contributed by atoms with van der Waals surface area (Å²) in [5, 5.41) is 0.544. The summed E-state index contributed by atoms with van der Waals surface area (Å²) in [6.07, 6.45) is -2.85. The summed E-state index contributed by atoms with van der Waals surface area (Å²) in [4.78, 5) is 47.3. The van der Waals surface area contributed by atoms with E-state index in [-0.39, 0.29) is 13.2 Å². The van der Waals surface area contributed by atoms with Gasteiger partial charge >= 0.3 is 23.9 Å². The van der Waals surface area contributed by atoms with Crippen LogP contribution in [0.1, 0.15) is 27.7 Å². The largest absolute Gasteiger partial charge is 0.465 e. The van der Waals surface area contributed by atoms with Crippen LogP contribution in [0.2, 0.25) is 5.02 Å². The number of halogens is 1. The van der Waals surface area contributed by atoms with Crippen LogP contribution in [-0.2, 0) is 42.9 Å². The molecule has 1 saturated heterocycles. The van der Waals surface area contributed by atoms with Crippen molar-refractivity contribution in [2.75, 3.05) is 13.2 Å². The highest BCUT2D eigenvalue weighted by Gasteiger charge is 2.51. The third-order valence-corrected chi connectivity index (χ3v) is 5.81. The number of carbonyl (C=O) groups excluding carboxylic acids is 4. The number of benzene rings is 1. The van der Waals surface area contributed by atoms with Crippen LogP contribution < -0.4 is 0 Å². The van der Waals surface area contributed by atoms with Crippen LogP contribution in [0.3, 0.4) is 0 Å². The Morgan fingerprint density at radius 1 is 0.844 bits per heavy atom. The fraction of sp³-hybridized carbons (Fsp3) is 0.524. The second kappa shape index (κ2) is 12.1. The van der Waals surface area contributed by atoms with Crippen molar-refractivity contribution in [2.24, 2.45) is 5.92 Å². The number of hydrogen-bond acceptors (Lipinski definition) is 10. The van der Waals surface area contributed by atoms with E-state index in [9.17, 15) is 19.2 Å². The summed E-state index contributed by atoms with van der Waals surface area (Å²) >= 11 is 7.17. The molecule has 0 amide bonds. The van der Waals surface area contributed by atoms with Gasteiger partial charge in [0.15, 0.2) is 12.2 Å². The minimum atomic E-state index is -1.02. The quantitative estimate of drug-likeness (QED) is 0.399. The van der Waals surface area contributed by atoms with Crippen molar-refractivity contribution in [1.82, 2.24) is 0 Å². The molecular formula is C21H25ClO9S. The molecule has 1 aromatic carbocycles. The van der Waals surface area contributed by atoms with Crippen molar-refractivity contribution >= 4 is 47.2 Å². The summed E-state index contributed by atoms with van der Waals surface area (Å²) in [6.45, 7) is 4.54. The summed E-state index contributed by atoms with van der Waals surface area (Å²) < 4.78 is 27.4. The van der Waals surface area contributed by atoms with Gasteiger partial charge in [-0.2, -0.15) is 0 Å². The molecule has 32 heavy (non-hydrogen) atoms. The normalized spacial score (nSPS) is 24.8. The number of esters is 4. The third-order valence-electron chi connectivity index (χ3n) is 4.40. The Balaban J connectivity index is 2.41. The van der Waals surface area contributed by atoms with Crippen LogP contribution in [0.4, 0.5) is 0 Å². The van der Waals surface area contributed by atoms with Gasteiger partial charge in [0.05, 0.1) is 5.92 Å². The highest BCUT2D eigenvalue weighted by molar-refractivity contribution is 7.99. The smallest absolute Gasteiger partial charge is 0.303 e. The van der Waals surface area contributed by atoms with Crippen molar-refractivity contribution in [3.05, 3.63) is 29.3 Å². The van der Waals surface area contributed by atoms with Crippen LogP contribution in [-0.4, -0.2) is 60.8 Å². The van der Waals surface area contributed by atoms with E-state index in [2.05, 4.69) is 0 Å². The predicted molar refractivity (Wildman–Crippen MR) is 114 cm³/mol. The summed E-state index contributed by atoms with van der Waals surface area (Å²) in [6, 6.07) is 6.90. The maximum Gasteiger partial charge on any atom is 0.303 e. The molecule has 1 aliphatic rings. The third kappa shape index (κ3) is 7.99. The second-order valence-electron chi connectivity index (χ2n) is 7.03. The lowest BCUT2D eigenvalue weighted by atomic mass is 9.90. The highest BCUT2D eigenvalue weighted by atomic mass is 35.5. The molecule has 1 fully saturated rings. The van der Waals surface area contributed by atoms with Crippen LogP contribution in [0, 0.1) is 5.92 Å². The summed E-state index contributed by atoms with van der Waals surface area (Å²) in [5.74, 6) is -3.08. The van der Waals surface area contributed by atoms with Gasteiger partial charge in [0.1, 0.15) is 24.8 Å². The number of carbonyl (C=O) groups is 4. The Kier molecular flexibility index (Phi) is 9.80. The van der Waals surface area contributed by atoms with Gasteiger partial charge in [-0.1, -0.05) is 23.4 Å². The second-order valence-corrected chi connectivity index (χ2v) is 8.64. The van der Waals surface area contributed by atoms with E-state index in [1.807, 2.05) is 0 Å². The molecule has 0 radical (unpaired) electrons. The Labute approximate surface area is 195 Å². The maximum absolute atomic E-state index is 11.9. The van der Waals surface area contributed by atoms with Crippen molar-refractivity contribution in [3.63, 3.8) is 0 Å². The standard InChI is InChI=1S/C21H25ClO9S/c1-11(23)27-9-17-18(10-28-12(2)24)31-21(32-16-7-5-15(22)6-8-16)20(30-14(4)26)19(17)29-13(3)25/h5-8,17-21H,9-10H2,1-4H3/t17-,18+,19-,20-,21-/m1/s1. The van der Waals surface area contributed by atoms with Crippen LogP contribution in [0.25, 0.3) is 0 Å². The van der Waals surface area contributed by atoms with Crippen LogP contribution >= 0.6 is 23.4 Å². The molecule has 0 N–H and O–H groups in total. The van der Waals surface area contributed by atoms with Gasteiger partial charge in [0, 0.05) is 37.6 Å². The van der Waals surface area contributed by atoms with Gasteiger partial charge in [-0.15, -0.1) is 0 Å². The molecule has 9 nitrogen and oxygen atoms in total. The topological polar surface area (TPSA) is 114 Å². The van der Waals surface area contributed by atoms with Crippen molar-refractivity contribution in [1.29, 1.82) is 0 Å². The molecule has 2 rings (SSSR count). The summed E-state index contributed by atoms with van der Waals surface area (Å²) in [7, 11) is 0. The molecular weight excluding hydrogens is 464 g/mol. The van der Waals surface area contributed by atoms with Gasteiger partial charge in [-0.25, -0.2) is 0 Å². The summed E-state index contributed by atoms with van der Waals surface area (Å²) in [5.41, 5.74) is -0.821. The molecule has 11 heteroatoms. The van der Waals surface area contributed by atoms with Gasteiger partial charge in [-0.05, 0) is 24.3 Å². The number of rotatable bonds is 8. The zero-order valence-electron chi connectivity index (χ0n) is 18.1. The monoisotopic (exact) mass is 488 g/mol. The first-order valence-corrected chi connectivity index (χ1v) is 11.0. The van der Waals surface area contributed by atoms with Crippen molar-refractivity contribution in [3.8, 4) is 0 Å². The first kappa shape index (κ1) is 26.0. The molecule has 0 aliphatic carbocycles. The minimum absolute atomic E-state index is 0.177. The fourth-order valence-electron chi connectivity index (χ4n) is 3.14. The Morgan fingerprint density at radius 3 is 1.91 bits per heavy atom. The number of thioether (sulfide) groups is 1. The van der Waals surface area contributed by atoms with E-state index < -0.39 is 53.5 Å². The van der Waals surface area contributed by atoms with Crippen LogP contribution in [0.15, 0.2) is 29.2 Å². The first-order valence-electron chi connectivity index (χ1n) is 9.75. The zero-order valence-corrected chi connectivity index (χ0v) is 19.6. The SMILES string of the molecule is CC(=O)OC[C@H]1[C@@H](OC(C)=O)[C@@H](OC(C)=O)[C@@H](Sc2ccc(Cl)cc2)O[C@H]1COC(C)=O. The fourth-order valence-corrected chi connectivity index (χ4v) is 4.37. The average molecular weight is 489 g/mol. The Morgan fingerprint density at radius 2 is 1.38 bits per heavy atom. The van der Waals surface area contributed by atoms with E-state index in [0.717, 1.165) is 4.90 Å². The van der Waals surface area contributed by atoms with E-state index in [1.54, 1.807) is 24.3 Å². The van der Waals surface area contributed by atoms with Gasteiger partial charge in [-0.3, -0.25) is 19.2 Å². The first-order chi connectivity index (χ1) is 15.1. The van der Waals surface area contributed by atoms with Gasteiger partial charge in [0.2, 0.25) is 0 Å². The Bertz CT molecular complexity index is 829. The molecule has 1 heterocycles. The highest BCUT2D eigenvalue weighted by Crippen LogP contribution is 2.39. The predicted octanol–water partition coefficient (Wildman–Crippen LogP) is 2.76. The van der Waals surface area contributed by atoms with Crippen molar-refractivity contribution in [2.45, 2.75) is 56.3 Å². The lowest BCUT2D eigenvalue weighted by molar-refractivity contribution is -0.221. The van der Waals surface area contributed by atoms with Gasteiger partial charge < -0.3 is 23.7 Å². The minimum Gasteiger partial charge on any atom is -0.465 e. The molecule has 1 aliphatic heterocycles. The number of ether oxygens (including phenoxy) is 5. The number of hydrogen-bond donors (Lipinski definition) is 0. The lowest BCUT2D eigenvalue weighted by Gasteiger charge is -2.44. The molecule has 0 spiro atoms. The van der Waals surface area contributed by atoms with E-state index in [0.29, 0.717) is 5.02 Å². The van der Waals surface area contributed by atoms with Crippen LogP contribution in [0.5, 0.6) is 0 Å². The molecule has 176 valence electrons. The van der Waals surface area contributed by atoms with Gasteiger partial charge in [0.25, 0.3) is 0 Å². The van der Waals surface area contributed by atoms with Crippen molar-refractivity contribution < 1.29 is 42.9 Å². The average Bonchev–Trinajstić information content (AvgIpc) is 2.69. The molecule has 0 saturated carbocycles. The van der Waals surface area contributed by atoms with E-state index in [1.165, 1.54) is 39.5 Å². The van der Waals surface area contributed by atoms with E-state index >= 15 is 0 Å². The van der Waals surface area contributed by atoms with E-state index in [4.69, 9.17) is 35.3 Å². The molecule has 5 atom stereocenters. The Hall–Kier alpha value is -2.30. The molecule has 1 aromatic rings. The lowest BCUT2D eigenvalue weighted by Crippen LogP contribution is -2.58. The molecule has 0 bridgehead atoms.